The van der Waals surface area contributed by atoms with Crippen LogP contribution in [-0.4, -0.2) is 31.1 Å². The van der Waals surface area contributed by atoms with Gasteiger partial charge in [-0.25, -0.2) is 0 Å². The van der Waals surface area contributed by atoms with E-state index in [1.807, 2.05) is 13.8 Å². The van der Waals surface area contributed by atoms with Gasteiger partial charge in [0.25, 0.3) is 0 Å². The fourth-order valence-electron chi connectivity index (χ4n) is 2.33. The molecule has 0 aromatic rings. The van der Waals surface area contributed by atoms with E-state index < -0.39 is 5.41 Å². The van der Waals surface area contributed by atoms with Gasteiger partial charge in [-0.2, -0.15) is 0 Å². The molecule has 2 unspecified atom stereocenters. The zero-order valence-electron chi connectivity index (χ0n) is 12.1. The summed E-state index contributed by atoms with van der Waals surface area (Å²) in [6.07, 6.45) is 6.37. The van der Waals surface area contributed by atoms with Gasteiger partial charge < -0.3 is 16.4 Å². The minimum absolute atomic E-state index is 0.241. The maximum absolute atomic E-state index is 11.2. The fraction of sp³-hybridized carbons (Fsp3) is 0.929. The van der Waals surface area contributed by atoms with Crippen LogP contribution in [0, 0.1) is 5.41 Å². The lowest BCUT2D eigenvalue weighted by atomic mass is 9.92. The molecule has 0 aliphatic carbocycles. The number of primary amides is 1. The zero-order valence-corrected chi connectivity index (χ0v) is 12.1. The van der Waals surface area contributed by atoms with Gasteiger partial charge in [0, 0.05) is 18.6 Å². The first kappa shape index (κ1) is 15.4. The molecule has 4 heteroatoms. The van der Waals surface area contributed by atoms with Crippen molar-refractivity contribution in [2.24, 2.45) is 11.1 Å². The topological polar surface area (TPSA) is 67.2 Å². The molecule has 1 saturated heterocycles. The largest absolute Gasteiger partial charge is 0.369 e. The number of nitrogens with two attached hydrogens (primary N) is 1. The number of carbonyl (C=O) groups is 1. The first-order valence-corrected chi connectivity index (χ1v) is 7.18. The Morgan fingerprint density at radius 2 is 2.17 bits per heavy atom. The molecular formula is C14H29N3O. The minimum atomic E-state index is -0.467. The van der Waals surface area contributed by atoms with Crippen LogP contribution in [0.2, 0.25) is 0 Å². The second-order valence-electron chi connectivity index (χ2n) is 6.27. The molecule has 0 saturated carbocycles. The van der Waals surface area contributed by atoms with Crippen molar-refractivity contribution in [3.05, 3.63) is 0 Å². The first-order chi connectivity index (χ1) is 8.42. The van der Waals surface area contributed by atoms with E-state index in [-0.39, 0.29) is 5.91 Å². The highest BCUT2D eigenvalue weighted by Gasteiger charge is 2.25. The third kappa shape index (κ3) is 5.36. The second kappa shape index (κ2) is 7.10. The molecular weight excluding hydrogens is 226 g/mol. The average Bonchev–Trinajstić information content (AvgIpc) is 2.55. The summed E-state index contributed by atoms with van der Waals surface area (Å²) in [4.78, 5) is 11.2. The van der Waals surface area contributed by atoms with Crippen LogP contribution in [0.3, 0.4) is 0 Å². The van der Waals surface area contributed by atoms with Gasteiger partial charge in [-0.15, -0.1) is 0 Å². The van der Waals surface area contributed by atoms with E-state index in [0.29, 0.717) is 18.6 Å². The van der Waals surface area contributed by atoms with Gasteiger partial charge in [0.05, 0.1) is 5.41 Å². The average molecular weight is 255 g/mol. The molecule has 0 aromatic carbocycles. The third-order valence-corrected chi connectivity index (χ3v) is 3.86. The van der Waals surface area contributed by atoms with Gasteiger partial charge in [-0.3, -0.25) is 4.79 Å². The van der Waals surface area contributed by atoms with Crippen LogP contribution in [0.1, 0.15) is 52.9 Å². The SMILES string of the molecule is CC(CC1CCCCCN1)NCC(C)(C)C(N)=O. The molecule has 18 heavy (non-hydrogen) atoms. The highest BCUT2D eigenvalue weighted by atomic mass is 16.1. The van der Waals surface area contributed by atoms with E-state index in [9.17, 15) is 4.79 Å². The molecule has 106 valence electrons. The molecule has 4 nitrogen and oxygen atoms in total. The molecule has 0 bridgehead atoms. The van der Waals surface area contributed by atoms with Crippen molar-refractivity contribution in [2.45, 2.75) is 65.0 Å². The Labute approximate surface area is 111 Å². The van der Waals surface area contributed by atoms with Crippen molar-refractivity contribution in [3.8, 4) is 0 Å². The molecule has 4 N–H and O–H groups in total. The summed E-state index contributed by atoms with van der Waals surface area (Å²) >= 11 is 0. The Morgan fingerprint density at radius 1 is 1.44 bits per heavy atom. The maximum atomic E-state index is 11.2. The van der Waals surface area contributed by atoms with Gasteiger partial charge in [-0.05, 0) is 46.6 Å². The lowest BCUT2D eigenvalue weighted by Gasteiger charge is -2.26. The number of hydrogen-bond donors (Lipinski definition) is 3. The Hall–Kier alpha value is -0.610. The monoisotopic (exact) mass is 255 g/mol. The van der Waals surface area contributed by atoms with Crippen LogP contribution in [0.4, 0.5) is 0 Å². The van der Waals surface area contributed by atoms with Crippen LogP contribution < -0.4 is 16.4 Å². The summed E-state index contributed by atoms with van der Waals surface area (Å²) < 4.78 is 0. The fourth-order valence-corrected chi connectivity index (χ4v) is 2.33. The highest BCUT2D eigenvalue weighted by Crippen LogP contribution is 2.15. The number of amides is 1. The number of hydrogen-bond acceptors (Lipinski definition) is 3. The quantitative estimate of drug-likeness (QED) is 0.672. The Kier molecular flexibility index (Phi) is 6.09. The van der Waals surface area contributed by atoms with Crippen molar-refractivity contribution in [2.75, 3.05) is 13.1 Å². The maximum Gasteiger partial charge on any atom is 0.224 e. The molecule has 0 radical (unpaired) electrons. The highest BCUT2D eigenvalue weighted by molar-refractivity contribution is 5.80. The van der Waals surface area contributed by atoms with Crippen LogP contribution in [0.15, 0.2) is 0 Å². The third-order valence-electron chi connectivity index (χ3n) is 3.86. The van der Waals surface area contributed by atoms with E-state index in [1.165, 1.54) is 25.7 Å². The molecule has 0 spiro atoms. The van der Waals surface area contributed by atoms with Gasteiger partial charge in [0.2, 0.25) is 5.91 Å². The normalized spacial score (nSPS) is 23.4. The molecule has 1 aliphatic heterocycles. The lowest BCUT2D eigenvalue weighted by Crippen LogP contribution is -2.45. The van der Waals surface area contributed by atoms with E-state index in [1.54, 1.807) is 0 Å². The summed E-state index contributed by atoms with van der Waals surface area (Å²) in [6, 6.07) is 1.03. The molecule has 1 heterocycles. The van der Waals surface area contributed by atoms with Crippen molar-refractivity contribution in [1.29, 1.82) is 0 Å². The zero-order chi connectivity index (χ0) is 13.6. The van der Waals surface area contributed by atoms with Crippen LogP contribution >= 0.6 is 0 Å². The second-order valence-corrected chi connectivity index (χ2v) is 6.27. The Bertz CT molecular complexity index is 258. The molecule has 0 aromatic heterocycles. The summed E-state index contributed by atoms with van der Waals surface area (Å²) in [5.41, 5.74) is 4.90. The van der Waals surface area contributed by atoms with Crippen molar-refractivity contribution in [3.63, 3.8) is 0 Å². The molecule has 2 atom stereocenters. The number of rotatable bonds is 6. The number of carbonyl (C=O) groups excluding carboxylic acids is 1. The van der Waals surface area contributed by atoms with E-state index in [2.05, 4.69) is 17.6 Å². The Morgan fingerprint density at radius 3 is 2.83 bits per heavy atom. The van der Waals surface area contributed by atoms with Gasteiger partial charge in [0.15, 0.2) is 0 Å². The molecule has 1 rings (SSSR count). The molecule has 1 aliphatic rings. The summed E-state index contributed by atoms with van der Waals surface area (Å²) in [7, 11) is 0. The Balaban J connectivity index is 2.28. The number of nitrogens with one attached hydrogen (secondary N) is 2. The molecule has 1 amide bonds. The minimum Gasteiger partial charge on any atom is -0.369 e. The standard InChI is InChI=1S/C14H29N3O/c1-11(17-10-14(2,3)13(15)18)9-12-7-5-4-6-8-16-12/h11-12,16-17H,4-10H2,1-3H3,(H2,15,18). The van der Waals surface area contributed by atoms with Gasteiger partial charge in [-0.1, -0.05) is 12.8 Å². The summed E-state index contributed by atoms with van der Waals surface area (Å²) in [5.74, 6) is -0.241. The summed E-state index contributed by atoms with van der Waals surface area (Å²) in [6.45, 7) is 7.75. The predicted octanol–water partition coefficient (Wildman–Crippen LogP) is 1.40. The smallest absolute Gasteiger partial charge is 0.224 e. The van der Waals surface area contributed by atoms with Gasteiger partial charge in [0.1, 0.15) is 0 Å². The van der Waals surface area contributed by atoms with E-state index >= 15 is 0 Å². The van der Waals surface area contributed by atoms with E-state index in [4.69, 9.17) is 5.73 Å². The first-order valence-electron chi connectivity index (χ1n) is 7.18. The predicted molar refractivity (Wildman–Crippen MR) is 75.3 cm³/mol. The van der Waals surface area contributed by atoms with Crippen LogP contribution in [0.25, 0.3) is 0 Å². The molecule has 1 fully saturated rings. The van der Waals surface area contributed by atoms with Gasteiger partial charge >= 0.3 is 0 Å². The van der Waals surface area contributed by atoms with E-state index in [0.717, 1.165) is 13.0 Å². The van der Waals surface area contributed by atoms with Crippen LogP contribution in [-0.2, 0) is 4.79 Å². The lowest BCUT2D eigenvalue weighted by molar-refractivity contribution is -0.125. The van der Waals surface area contributed by atoms with Crippen molar-refractivity contribution >= 4 is 5.91 Å². The summed E-state index contributed by atoms with van der Waals surface area (Å²) in [5, 5.41) is 7.03. The van der Waals surface area contributed by atoms with Crippen molar-refractivity contribution in [1.82, 2.24) is 10.6 Å². The van der Waals surface area contributed by atoms with Crippen LogP contribution in [0.5, 0.6) is 0 Å². The van der Waals surface area contributed by atoms with Crippen molar-refractivity contribution < 1.29 is 4.79 Å².